The Hall–Kier alpha value is -8.28. The maximum absolute atomic E-state index is 6.87. The van der Waals surface area contributed by atoms with Crippen molar-refractivity contribution in [1.29, 1.82) is 0 Å². The SMILES string of the molecule is c1ccc(-c2nc(-c3ccccc3)nc(-c3cccc(-c4cccc(-c5ccc6c(c5)C5(c7cc(-c8cccnc8)ccc7O6)c6ccccc6-c6ccccc65)c4)c3)n2)cc1. The molecule has 0 N–H and O–H groups in total. The molecule has 2 aromatic heterocycles. The molecule has 0 saturated heterocycles. The number of hydrogen-bond acceptors (Lipinski definition) is 5. The quantitative estimate of drug-likeness (QED) is 0.168. The number of hydrogen-bond donors (Lipinski definition) is 0. The van der Waals surface area contributed by atoms with Crippen molar-refractivity contribution in [1.82, 2.24) is 19.9 Å². The topological polar surface area (TPSA) is 60.8 Å². The molecule has 1 aliphatic heterocycles. The number of pyridine rings is 1. The van der Waals surface area contributed by atoms with Crippen LogP contribution in [0.1, 0.15) is 22.3 Å². The van der Waals surface area contributed by atoms with Crippen molar-refractivity contribution < 1.29 is 4.74 Å². The molecule has 0 bridgehead atoms. The normalized spacial score (nSPS) is 12.8. The van der Waals surface area contributed by atoms with Crippen LogP contribution in [-0.4, -0.2) is 19.9 Å². The molecule has 1 aliphatic carbocycles. The van der Waals surface area contributed by atoms with Gasteiger partial charge in [0, 0.05) is 45.8 Å². The van der Waals surface area contributed by atoms with Gasteiger partial charge in [-0.3, -0.25) is 4.98 Å². The van der Waals surface area contributed by atoms with Gasteiger partial charge in [-0.05, 0) is 92.5 Å². The second-order valence-corrected chi connectivity index (χ2v) is 15.8. The van der Waals surface area contributed by atoms with Gasteiger partial charge in [-0.2, -0.15) is 0 Å². The summed E-state index contributed by atoms with van der Waals surface area (Å²) in [6.07, 6.45) is 3.75. The third kappa shape index (κ3) is 5.78. The fourth-order valence-electron chi connectivity index (χ4n) is 9.45. The molecule has 0 unspecified atom stereocenters. The number of benzene rings is 8. The van der Waals surface area contributed by atoms with E-state index < -0.39 is 5.41 Å². The highest BCUT2D eigenvalue weighted by molar-refractivity contribution is 5.90. The average Bonchev–Trinajstić information content (AvgIpc) is 3.65. The molecule has 62 heavy (non-hydrogen) atoms. The van der Waals surface area contributed by atoms with Crippen molar-refractivity contribution in [2.75, 3.05) is 0 Å². The summed E-state index contributed by atoms with van der Waals surface area (Å²) in [7, 11) is 0. The zero-order valence-corrected chi connectivity index (χ0v) is 33.5. The maximum atomic E-state index is 6.87. The number of aromatic nitrogens is 4. The standard InChI is InChI=1S/C57H36N4O/c1-3-14-37(15-4-1)54-59-55(38-16-5-2-6-17-38)61-56(60-54)44-21-12-20-41(33-44)39-18-11-19-40(32-39)42-27-29-52-50(34-42)57(48-25-9-7-23-46(48)47-24-8-10-26-49(47)57)51-35-43(28-30-53(51)62-52)45-22-13-31-58-36-45/h1-36H. The Kier molecular flexibility index (Phi) is 8.32. The van der Waals surface area contributed by atoms with Gasteiger partial charge in [0.15, 0.2) is 17.5 Å². The third-order valence-electron chi connectivity index (χ3n) is 12.3. The molecule has 10 aromatic rings. The van der Waals surface area contributed by atoms with E-state index in [1.165, 1.54) is 22.3 Å². The molecule has 0 saturated carbocycles. The molecule has 12 rings (SSSR count). The lowest BCUT2D eigenvalue weighted by Gasteiger charge is -2.40. The molecule has 1 spiro atoms. The van der Waals surface area contributed by atoms with Gasteiger partial charge in [0.2, 0.25) is 0 Å². The highest BCUT2D eigenvalue weighted by atomic mass is 16.5. The lowest BCUT2D eigenvalue weighted by atomic mass is 9.65. The van der Waals surface area contributed by atoms with Gasteiger partial charge < -0.3 is 4.74 Å². The van der Waals surface area contributed by atoms with E-state index in [0.29, 0.717) is 17.5 Å². The maximum Gasteiger partial charge on any atom is 0.164 e. The van der Waals surface area contributed by atoms with Crippen molar-refractivity contribution in [3.05, 3.63) is 241 Å². The Morgan fingerprint density at radius 1 is 0.306 bits per heavy atom. The first-order valence-corrected chi connectivity index (χ1v) is 20.9. The van der Waals surface area contributed by atoms with Crippen molar-refractivity contribution >= 4 is 0 Å². The molecule has 0 fully saturated rings. The molecule has 0 amide bonds. The fraction of sp³-hybridized carbons (Fsp3) is 0.0175. The van der Waals surface area contributed by atoms with Gasteiger partial charge in [0.25, 0.3) is 0 Å². The zero-order valence-electron chi connectivity index (χ0n) is 33.5. The van der Waals surface area contributed by atoms with Gasteiger partial charge in [-0.25, -0.2) is 15.0 Å². The Balaban J connectivity index is 0.986. The smallest absolute Gasteiger partial charge is 0.164 e. The lowest BCUT2D eigenvalue weighted by Crippen LogP contribution is -2.32. The van der Waals surface area contributed by atoms with Crippen LogP contribution in [0.5, 0.6) is 11.5 Å². The molecule has 5 heteroatoms. The summed E-state index contributed by atoms with van der Waals surface area (Å²) in [6, 6.07) is 72.5. The van der Waals surface area contributed by atoms with Crippen molar-refractivity contribution in [2.45, 2.75) is 5.41 Å². The van der Waals surface area contributed by atoms with Gasteiger partial charge in [-0.15, -0.1) is 0 Å². The highest BCUT2D eigenvalue weighted by Gasteiger charge is 2.51. The molecule has 0 atom stereocenters. The van der Waals surface area contributed by atoms with Crippen LogP contribution in [0.4, 0.5) is 0 Å². The summed E-state index contributed by atoms with van der Waals surface area (Å²) in [5, 5.41) is 0. The summed E-state index contributed by atoms with van der Waals surface area (Å²) >= 11 is 0. The number of fused-ring (bicyclic) bond motifs is 9. The van der Waals surface area contributed by atoms with Crippen LogP contribution in [0.25, 0.3) is 78.7 Å². The van der Waals surface area contributed by atoms with Crippen LogP contribution in [0.2, 0.25) is 0 Å². The van der Waals surface area contributed by atoms with Crippen LogP contribution in [0.15, 0.2) is 219 Å². The molecule has 3 heterocycles. The van der Waals surface area contributed by atoms with Gasteiger partial charge >= 0.3 is 0 Å². The van der Waals surface area contributed by atoms with E-state index >= 15 is 0 Å². The molecule has 8 aromatic carbocycles. The van der Waals surface area contributed by atoms with E-state index in [9.17, 15) is 0 Å². The lowest BCUT2D eigenvalue weighted by molar-refractivity contribution is 0.436. The van der Waals surface area contributed by atoms with Crippen LogP contribution >= 0.6 is 0 Å². The predicted octanol–water partition coefficient (Wildman–Crippen LogP) is 13.7. The molecule has 2 aliphatic rings. The van der Waals surface area contributed by atoms with E-state index in [2.05, 4.69) is 145 Å². The molecule has 0 radical (unpaired) electrons. The van der Waals surface area contributed by atoms with E-state index in [1.807, 2.05) is 79.1 Å². The van der Waals surface area contributed by atoms with E-state index in [1.54, 1.807) is 0 Å². The second-order valence-electron chi connectivity index (χ2n) is 15.8. The summed E-state index contributed by atoms with van der Waals surface area (Å²) in [4.78, 5) is 19.4. The van der Waals surface area contributed by atoms with Gasteiger partial charge in [0.05, 0.1) is 5.41 Å². The summed E-state index contributed by atoms with van der Waals surface area (Å²) in [5.74, 6) is 3.61. The van der Waals surface area contributed by atoms with Crippen LogP contribution in [0.3, 0.4) is 0 Å². The molecule has 290 valence electrons. The largest absolute Gasteiger partial charge is 0.457 e. The van der Waals surface area contributed by atoms with Crippen LogP contribution in [-0.2, 0) is 5.41 Å². The summed E-state index contributed by atoms with van der Waals surface area (Å²) < 4.78 is 6.87. The third-order valence-corrected chi connectivity index (χ3v) is 12.3. The van der Waals surface area contributed by atoms with Crippen LogP contribution in [0, 0.1) is 0 Å². The van der Waals surface area contributed by atoms with E-state index in [-0.39, 0.29) is 0 Å². The predicted molar refractivity (Wildman–Crippen MR) is 248 cm³/mol. The first-order chi connectivity index (χ1) is 30.7. The Morgan fingerprint density at radius 3 is 1.26 bits per heavy atom. The van der Waals surface area contributed by atoms with Crippen molar-refractivity contribution in [2.24, 2.45) is 0 Å². The molecule has 5 nitrogen and oxygen atoms in total. The Bertz CT molecular complexity index is 3230. The van der Waals surface area contributed by atoms with Gasteiger partial charge in [0.1, 0.15) is 11.5 Å². The Labute approximate surface area is 359 Å². The van der Waals surface area contributed by atoms with Crippen molar-refractivity contribution in [3.8, 4) is 90.2 Å². The Morgan fingerprint density at radius 2 is 0.726 bits per heavy atom. The van der Waals surface area contributed by atoms with Crippen molar-refractivity contribution in [3.63, 3.8) is 0 Å². The van der Waals surface area contributed by atoms with E-state index in [4.69, 9.17) is 19.7 Å². The summed E-state index contributed by atoms with van der Waals surface area (Å²) in [5.41, 5.74) is 16.0. The number of rotatable bonds is 6. The minimum atomic E-state index is -0.613. The first-order valence-electron chi connectivity index (χ1n) is 20.9. The number of ether oxygens (including phenoxy) is 1. The molecular formula is C57H36N4O. The van der Waals surface area contributed by atoms with E-state index in [0.717, 1.165) is 72.7 Å². The fourth-order valence-corrected chi connectivity index (χ4v) is 9.45. The second kappa shape index (κ2) is 14.5. The minimum Gasteiger partial charge on any atom is -0.457 e. The highest BCUT2D eigenvalue weighted by Crippen LogP contribution is 2.62. The molecular weight excluding hydrogens is 757 g/mol. The first kappa shape index (κ1) is 35.6. The monoisotopic (exact) mass is 792 g/mol. The summed E-state index contributed by atoms with van der Waals surface area (Å²) in [6.45, 7) is 0. The number of nitrogens with zero attached hydrogens (tertiary/aromatic N) is 4. The average molecular weight is 793 g/mol. The van der Waals surface area contributed by atoms with Gasteiger partial charge in [-0.1, -0.05) is 164 Å². The minimum absolute atomic E-state index is 0.613. The zero-order chi connectivity index (χ0) is 41.0. The van der Waals surface area contributed by atoms with Crippen LogP contribution < -0.4 is 4.74 Å².